The zero-order valence-corrected chi connectivity index (χ0v) is 25.5. The molecular formula is C36H32F3N5O3. The molecule has 5 rings (SSSR count). The third-order valence-electron chi connectivity index (χ3n) is 7.49. The summed E-state index contributed by atoms with van der Waals surface area (Å²) in [4.78, 5) is 48.3. The summed E-state index contributed by atoms with van der Waals surface area (Å²) in [6.07, 6.45) is -0.0801. The highest BCUT2D eigenvalue weighted by atomic mass is 19.4. The number of anilines is 1. The number of unbranched alkanes of at least 4 members (excludes halogenated alkanes) is 2. The summed E-state index contributed by atoms with van der Waals surface area (Å²) in [7, 11) is 0. The standard InChI is InChI=1S/C36H32F3N5O3/c1-2-3-7-21-41-35(47)32(30-11-6-8-20-40-30)44-33(45)25-14-18-29-24(22-25)15-19-31(42-29)43-34(46)28-10-5-4-9-27(28)23-12-16-26(17-13-23)36(37,38)39/h4-6,8-20,22,32H,2-3,7,21H2,1H3,(H,41,47)(H,44,45)(H,42,43,46)/t32-/m0/s1. The molecule has 0 bridgehead atoms. The Morgan fingerprint density at radius 2 is 1.60 bits per heavy atom. The summed E-state index contributed by atoms with van der Waals surface area (Å²) in [5, 5.41) is 9.05. The van der Waals surface area contributed by atoms with Crippen LogP contribution in [0.1, 0.15) is 64.2 Å². The van der Waals surface area contributed by atoms with Crippen LogP contribution < -0.4 is 16.0 Å². The summed E-state index contributed by atoms with van der Waals surface area (Å²) >= 11 is 0. The second-order valence-electron chi connectivity index (χ2n) is 10.8. The molecule has 47 heavy (non-hydrogen) atoms. The van der Waals surface area contributed by atoms with Crippen molar-refractivity contribution < 1.29 is 27.6 Å². The Bertz CT molecular complexity index is 1880. The molecule has 1 atom stereocenters. The Balaban J connectivity index is 1.31. The van der Waals surface area contributed by atoms with Crippen molar-refractivity contribution in [3.63, 3.8) is 0 Å². The minimum Gasteiger partial charge on any atom is -0.354 e. The number of fused-ring (bicyclic) bond motifs is 1. The molecular weight excluding hydrogens is 607 g/mol. The highest BCUT2D eigenvalue weighted by Crippen LogP contribution is 2.32. The lowest BCUT2D eigenvalue weighted by molar-refractivity contribution is -0.137. The lowest BCUT2D eigenvalue weighted by atomic mass is 9.98. The van der Waals surface area contributed by atoms with Gasteiger partial charge in [-0.3, -0.25) is 19.4 Å². The van der Waals surface area contributed by atoms with Crippen molar-refractivity contribution in [2.24, 2.45) is 0 Å². The summed E-state index contributed by atoms with van der Waals surface area (Å²) in [6, 6.07) is 23.5. The first-order valence-electron chi connectivity index (χ1n) is 15.1. The molecule has 0 unspecified atom stereocenters. The number of carbonyl (C=O) groups excluding carboxylic acids is 3. The predicted molar refractivity (Wildman–Crippen MR) is 174 cm³/mol. The maximum atomic E-state index is 13.3. The summed E-state index contributed by atoms with van der Waals surface area (Å²) in [5.41, 5.74) is 1.64. The monoisotopic (exact) mass is 639 g/mol. The zero-order valence-electron chi connectivity index (χ0n) is 25.5. The van der Waals surface area contributed by atoms with E-state index in [1.807, 2.05) is 0 Å². The van der Waals surface area contributed by atoms with E-state index >= 15 is 0 Å². The number of aromatic nitrogens is 2. The van der Waals surface area contributed by atoms with Gasteiger partial charge in [0.1, 0.15) is 5.82 Å². The van der Waals surface area contributed by atoms with Gasteiger partial charge in [-0.25, -0.2) is 4.98 Å². The fourth-order valence-electron chi connectivity index (χ4n) is 5.02. The highest BCUT2D eigenvalue weighted by molar-refractivity contribution is 6.08. The molecule has 8 nitrogen and oxygen atoms in total. The van der Waals surface area contributed by atoms with Crippen molar-refractivity contribution in [3.05, 3.63) is 126 Å². The van der Waals surface area contributed by atoms with Gasteiger partial charge >= 0.3 is 6.18 Å². The van der Waals surface area contributed by atoms with Crippen LogP contribution >= 0.6 is 0 Å². The van der Waals surface area contributed by atoms with E-state index < -0.39 is 29.6 Å². The fourth-order valence-corrected chi connectivity index (χ4v) is 5.02. The first kappa shape index (κ1) is 32.8. The van der Waals surface area contributed by atoms with E-state index in [-0.39, 0.29) is 17.3 Å². The Kier molecular flexibility index (Phi) is 10.2. The Hall–Kier alpha value is -5.58. The minimum absolute atomic E-state index is 0.247. The van der Waals surface area contributed by atoms with E-state index in [0.717, 1.165) is 31.4 Å². The molecule has 5 aromatic rings. The number of alkyl halides is 3. The third kappa shape index (κ3) is 8.18. The smallest absolute Gasteiger partial charge is 0.354 e. The van der Waals surface area contributed by atoms with Crippen LogP contribution in [0.4, 0.5) is 19.0 Å². The second-order valence-corrected chi connectivity index (χ2v) is 10.8. The molecule has 2 heterocycles. The Morgan fingerprint density at radius 3 is 2.32 bits per heavy atom. The number of hydrogen-bond acceptors (Lipinski definition) is 5. The van der Waals surface area contributed by atoms with Gasteiger partial charge in [-0.05, 0) is 78.2 Å². The number of nitrogens with one attached hydrogen (secondary N) is 3. The first-order chi connectivity index (χ1) is 22.6. The number of nitrogens with zero attached hydrogens (tertiary/aromatic N) is 2. The van der Waals surface area contributed by atoms with Crippen LogP contribution in [0.2, 0.25) is 0 Å². The molecule has 0 radical (unpaired) electrons. The molecule has 0 saturated heterocycles. The Morgan fingerprint density at radius 1 is 0.830 bits per heavy atom. The van der Waals surface area contributed by atoms with Crippen LogP contribution in [-0.2, 0) is 11.0 Å². The Labute approximate surface area is 269 Å². The minimum atomic E-state index is -4.46. The van der Waals surface area contributed by atoms with E-state index in [2.05, 4.69) is 32.8 Å². The van der Waals surface area contributed by atoms with Gasteiger partial charge < -0.3 is 16.0 Å². The van der Waals surface area contributed by atoms with Crippen molar-refractivity contribution in [2.45, 2.75) is 38.4 Å². The number of rotatable bonds is 11. The number of amides is 3. The summed E-state index contributed by atoms with van der Waals surface area (Å²) in [5.74, 6) is -1.06. The number of hydrogen-bond donors (Lipinski definition) is 3. The quantitative estimate of drug-likeness (QED) is 0.131. The van der Waals surface area contributed by atoms with Crippen molar-refractivity contribution in [1.82, 2.24) is 20.6 Å². The maximum absolute atomic E-state index is 13.3. The van der Waals surface area contributed by atoms with Crippen LogP contribution in [0, 0.1) is 0 Å². The number of pyridine rings is 2. The zero-order chi connectivity index (χ0) is 33.4. The molecule has 3 amide bonds. The molecule has 0 aliphatic rings. The molecule has 2 aromatic heterocycles. The molecule has 11 heteroatoms. The van der Waals surface area contributed by atoms with Crippen molar-refractivity contribution in [3.8, 4) is 11.1 Å². The summed E-state index contributed by atoms with van der Waals surface area (Å²) in [6.45, 7) is 2.57. The van der Waals surface area contributed by atoms with Gasteiger partial charge in [0, 0.05) is 29.3 Å². The van der Waals surface area contributed by atoms with Crippen molar-refractivity contribution in [2.75, 3.05) is 11.9 Å². The molecule has 3 N–H and O–H groups in total. The molecule has 0 aliphatic heterocycles. The fraction of sp³-hybridized carbons (Fsp3) is 0.194. The summed E-state index contributed by atoms with van der Waals surface area (Å²) < 4.78 is 39.1. The van der Waals surface area contributed by atoms with E-state index in [1.165, 1.54) is 12.1 Å². The molecule has 240 valence electrons. The van der Waals surface area contributed by atoms with E-state index in [1.54, 1.807) is 79.0 Å². The molecule has 0 saturated carbocycles. The lowest BCUT2D eigenvalue weighted by Gasteiger charge is -2.18. The topological polar surface area (TPSA) is 113 Å². The molecule has 0 aliphatic carbocycles. The van der Waals surface area contributed by atoms with Gasteiger partial charge in [0.15, 0.2) is 6.04 Å². The van der Waals surface area contributed by atoms with Crippen LogP contribution in [0.25, 0.3) is 22.0 Å². The SMILES string of the molecule is CCCCCNC(=O)[C@@H](NC(=O)c1ccc2nc(NC(=O)c3ccccc3-c3ccc(C(F)(F)F)cc3)ccc2c1)c1ccccn1. The van der Waals surface area contributed by atoms with Crippen molar-refractivity contribution in [1.29, 1.82) is 0 Å². The van der Waals surface area contributed by atoms with E-state index in [0.29, 0.717) is 39.8 Å². The van der Waals surface area contributed by atoms with Crippen LogP contribution in [0.15, 0.2) is 103 Å². The van der Waals surface area contributed by atoms with Crippen LogP contribution in [-0.4, -0.2) is 34.2 Å². The van der Waals surface area contributed by atoms with Gasteiger partial charge in [0.05, 0.1) is 16.8 Å². The maximum Gasteiger partial charge on any atom is 0.416 e. The van der Waals surface area contributed by atoms with Crippen LogP contribution in [0.3, 0.4) is 0 Å². The van der Waals surface area contributed by atoms with Gasteiger partial charge in [0.25, 0.3) is 11.8 Å². The number of halogens is 3. The first-order valence-corrected chi connectivity index (χ1v) is 15.1. The average molecular weight is 640 g/mol. The van der Waals surface area contributed by atoms with E-state index in [9.17, 15) is 27.6 Å². The number of carbonyl (C=O) groups is 3. The third-order valence-corrected chi connectivity index (χ3v) is 7.49. The van der Waals surface area contributed by atoms with E-state index in [4.69, 9.17) is 0 Å². The normalized spacial score (nSPS) is 11.9. The van der Waals surface area contributed by atoms with Crippen molar-refractivity contribution >= 4 is 34.4 Å². The number of benzene rings is 3. The van der Waals surface area contributed by atoms with Gasteiger partial charge in [-0.1, -0.05) is 56.2 Å². The van der Waals surface area contributed by atoms with Gasteiger partial charge in [-0.15, -0.1) is 0 Å². The molecule has 0 spiro atoms. The average Bonchev–Trinajstić information content (AvgIpc) is 3.08. The lowest BCUT2D eigenvalue weighted by Crippen LogP contribution is -2.41. The van der Waals surface area contributed by atoms with Gasteiger partial charge in [-0.2, -0.15) is 13.2 Å². The predicted octanol–water partition coefficient (Wildman–Crippen LogP) is 7.35. The molecule has 0 fully saturated rings. The highest BCUT2D eigenvalue weighted by Gasteiger charge is 2.30. The molecule has 3 aromatic carbocycles. The van der Waals surface area contributed by atoms with Crippen LogP contribution in [0.5, 0.6) is 0 Å². The van der Waals surface area contributed by atoms with Gasteiger partial charge in [0.2, 0.25) is 5.91 Å². The second kappa shape index (κ2) is 14.7. The largest absolute Gasteiger partial charge is 0.416 e.